The standard InChI is InChI=1S/C18H25ClO4/c1-3-4-10-22-17-15(19)11-13(18(20)21-2)12-16(17)23-14-8-6-5-7-9-14/h11-12,14H,3-10H2,1-2H3. The summed E-state index contributed by atoms with van der Waals surface area (Å²) in [5.41, 5.74) is 0.381. The molecule has 1 aliphatic carbocycles. The van der Waals surface area contributed by atoms with Crippen molar-refractivity contribution in [2.75, 3.05) is 13.7 Å². The lowest BCUT2D eigenvalue weighted by Gasteiger charge is -2.25. The quantitative estimate of drug-likeness (QED) is 0.516. The summed E-state index contributed by atoms with van der Waals surface area (Å²) in [6.45, 7) is 2.68. The normalized spacial score (nSPS) is 15.3. The average Bonchev–Trinajstić information content (AvgIpc) is 2.57. The Morgan fingerprint density at radius 2 is 2.00 bits per heavy atom. The monoisotopic (exact) mass is 340 g/mol. The highest BCUT2D eigenvalue weighted by atomic mass is 35.5. The molecule has 0 spiro atoms. The smallest absolute Gasteiger partial charge is 0.338 e. The first-order valence-corrected chi connectivity index (χ1v) is 8.74. The fourth-order valence-corrected chi connectivity index (χ4v) is 2.98. The topological polar surface area (TPSA) is 44.8 Å². The van der Waals surface area contributed by atoms with Crippen molar-refractivity contribution in [3.63, 3.8) is 0 Å². The summed E-state index contributed by atoms with van der Waals surface area (Å²) in [6.07, 6.45) is 7.77. The Balaban J connectivity index is 2.24. The first-order chi connectivity index (χ1) is 11.2. The summed E-state index contributed by atoms with van der Waals surface area (Å²) in [5, 5.41) is 0.384. The SMILES string of the molecule is CCCCOc1c(Cl)cc(C(=O)OC)cc1OC1CCCCC1. The molecule has 0 unspecified atom stereocenters. The van der Waals surface area contributed by atoms with Crippen LogP contribution in [0.5, 0.6) is 11.5 Å². The summed E-state index contributed by atoms with van der Waals surface area (Å²) in [6, 6.07) is 3.25. The molecule has 0 atom stereocenters. The fourth-order valence-electron chi connectivity index (χ4n) is 2.71. The molecule has 5 heteroatoms. The van der Waals surface area contributed by atoms with Crippen LogP contribution in [0.1, 0.15) is 62.2 Å². The summed E-state index contributed by atoms with van der Waals surface area (Å²) in [4.78, 5) is 11.8. The van der Waals surface area contributed by atoms with Gasteiger partial charge in [-0.3, -0.25) is 0 Å². The molecule has 2 rings (SSSR count). The van der Waals surface area contributed by atoms with Gasteiger partial charge < -0.3 is 14.2 Å². The molecule has 1 aromatic rings. The summed E-state index contributed by atoms with van der Waals surface area (Å²) < 4.78 is 16.7. The molecule has 1 aromatic carbocycles. The van der Waals surface area contributed by atoms with Crippen LogP contribution < -0.4 is 9.47 Å². The van der Waals surface area contributed by atoms with Gasteiger partial charge in [-0.05, 0) is 44.2 Å². The van der Waals surface area contributed by atoms with Crippen LogP contribution in [-0.2, 0) is 4.74 Å². The Bertz CT molecular complexity index is 524. The van der Waals surface area contributed by atoms with Crippen molar-refractivity contribution in [2.45, 2.75) is 58.0 Å². The largest absolute Gasteiger partial charge is 0.488 e. The zero-order valence-corrected chi connectivity index (χ0v) is 14.7. The average molecular weight is 341 g/mol. The molecule has 0 aromatic heterocycles. The van der Waals surface area contributed by atoms with Crippen molar-refractivity contribution in [1.82, 2.24) is 0 Å². The Morgan fingerprint density at radius 3 is 2.65 bits per heavy atom. The highest BCUT2D eigenvalue weighted by Gasteiger charge is 2.21. The Hall–Kier alpha value is -1.42. The van der Waals surface area contributed by atoms with Gasteiger partial charge in [0.25, 0.3) is 0 Å². The van der Waals surface area contributed by atoms with Crippen LogP contribution in [0.2, 0.25) is 5.02 Å². The predicted molar refractivity (Wildman–Crippen MR) is 90.7 cm³/mol. The van der Waals surface area contributed by atoms with Crippen molar-refractivity contribution in [2.24, 2.45) is 0 Å². The van der Waals surface area contributed by atoms with Gasteiger partial charge in [0.2, 0.25) is 0 Å². The number of methoxy groups -OCH3 is 1. The van der Waals surface area contributed by atoms with E-state index in [1.54, 1.807) is 12.1 Å². The maximum atomic E-state index is 11.8. The molecular formula is C18H25ClO4. The zero-order chi connectivity index (χ0) is 16.7. The number of carbonyl (C=O) groups excluding carboxylic acids is 1. The van der Waals surface area contributed by atoms with E-state index in [1.807, 2.05) is 0 Å². The number of unbranched alkanes of at least 4 members (excludes halogenated alkanes) is 1. The van der Waals surface area contributed by atoms with E-state index in [9.17, 15) is 4.79 Å². The molecule has 1 fully saturated rings. The van der Waals surface area contributed by atoms with E-state index in [0.29, 0.717) is 28.7 Å². The molecule has 4 nitrogen and oxygen atoms in total. The van der Waals surface area contributed by atoms with Crippen LogP contribution in [-0.4, -0.2) is 25.8 Å². The number of hydrogen-bond acceptors (Lipinski definition) is 4. The number of hydrogen-bond donors (Lipinski definition) is 0. The lowest BCUT2D eigenvalue weighted by molar-refractivity contribution is 0.0599. The molecule has 128 valence electrons. The van der Waals surface area contributed by atoms with Gasteiger partial charge in [0.1, 0.15) is 0 Å². The van der Waals surface area contributed by atoms with E-state index in [-0.39, 0.29) is 6.10 Å². The second-order valence-electron chi connectivity index (χ2n) is 5.86. The minimum atomic E-state index is -0.430. The van der Waals surface area contributed by atoms with E-state index < -0.39 is 5.97 Å². The molecule has 23 heavy (non-hydrogen) atoms. The minimum absolute atomic E-state index is 0.154. The summed E-state index contributed by atoms with van der Waals surface area (Å²) in [5.74, 6) is 0.639. The highest BCUT2D eigenvalue weighted by molar-refractivity contribution is 6.32. The lowest BCUT2D eigenvalue weighted by atomic mass is 9.98. The number of esters is 1. The van der Waals surface area contributed by atoms with Crippen LogP contribution in [0.15, 0.2) is 12.1 Å². The molecule has 0 saturated heterocycles. The third-order valence-corrected chi connectivity index (χ3v) is 4.30. The molecule has 1 saturated carbocycles. The first-order valence-electron chi connectivity index (χ1n) is 8.37. The van der Waals surface area contributed by atoms with E-state index in [4.69, 9.17) is 25.8 Å². The zero-order valence-electron chi connectivity index (χ0n) is 13.9. The van der Waals surface area contributed by atoms with Crippen molar-refractivity contribution in [3.05, 3.63) is 22.7 Å². The Kier molecular flexibility index (Phi) is 7.03. The van der Waals surface area contributed by atoms with E-state index in [0.717, 1.165) is 25.7 Å². The Morgan fingerprint density at radius 1 is 1.26 bits per heavy atom. The van der Waals surface area contributed by atoms with Gasteiger partial charge in [0.15, 0.2) is 11.5 Å². The van der Waals surface area contributed by atoms with Crippen molar-refractivity contribution in [1.29, 1.82) is 0 Å². The molecular weight excluding hydrogens is 316 g/mol. The number of ether oxygens (including phenoxy) is 3. The van der Waals surface area contributed by atoms with Crippen LogP contribution >= 0.6 is 11.6 Å². The number of halogens is 1. The second-order valence-corrected chi connectivity index (χ2v) is 6.26. The molecule has 0 aliphatic heterocycles. The second kappa shape index (κ2) is 9.02. The summed E-state index contributed by atoms with van der Waals surface area (Å²) >= 11 is 6.32. The van der Waals surface area contributed by atoms with E-state index in [2.05, 4.69) is 6.92 Å². The van der Waals surface area contributed by atoms with Crippen molar-refractivity contribution in [3.8, 4) is 11.5 Å². The van der Waals surface area contributed by atoms with E-state index in [1.165, 1.54) is 26.4 Å². The molecule has 0 amide bonds. The maximum absolute atomic E-state index is 11.8. The molecule has 1 aliphatic rings. The molecule has 0 heterocycles. The van der Waals surface area contributed by atoms with Gasteiger partial charge in [0, 0.05) is 0 Å². The van der Waals surface area contributed by atoms with Gasteiger partial charge >= 0.3 is 5.97 Å². The van der Waals surface area contributed by atoms with Crippen LogP contribution in [0.3, 0.4) is 0 Å². The van der Waals surface area contributed by atoms with Gasteiger partial charge in [-0.2, -0.15) is 0 Å². The van der Waals surface area contributed by atoms with Gasteiger partial charge in [-0.1, -0.05) is 31.4 Å². The molecule has 0 radical (unpaired) electrons. The maximum Gasteiger partial charge on any atom is 0.338 e. The fraction of sp³-hybridized carbons (Fsp3) is 0.611. The molecule has 0 bridgehead atoms. The number of benzene rings is 1. The Labute approximate surface area is 143 Å². The van der Waals surface area contributed by atoms with Crippen molar-refractivity contribution < 1.29 is 19.0 Å². The van der Waals surface area contributed by atoms with Crippen LogP contribution in [0, 0.1) is 0 Å². The van der Waals surface area contributed by atoms with E-state index >= 15 is 0 Å². The van der Waals surface area contributed by atoms with Gasteiger partial charge in [-0.15, -0.1) is 0 Å². The van der Waals surface area contributed by atoms with Crippen LogP contribution in [0.4, 0.5) is 0 Å². The van der Waals surface area contributed by atoms with Crippen LogP contribution in [0.25, 0.3) is 0 Å². The predicted octanol–water partition coefficient (Wildman–Crippen LogP) is 5.02. The third-order valence-electron chi connectivity index (χ3n) is 4.02. The number of carbonyl (C=O) groups is 1. The lowest BCUT2D eigenvalue weighted by Crippen LogP contribution is -2.20. The summed E-state index contributed by atoms with van der Waals surface area (Å²) in [7, 11) is 1.35. The first kappa shape index (κ1) is 17.9. The highest BCUT2D eigenvalue weighted by Crippen LogP contribution is 2.38. The van der Waals surface area contributed by atoms with Crippen molar-refractivity contribution >= 4 is 17.6 Å². The number of rotatable bonds is 7. The third kappa shape index (κ3) is 5.03. The molecule has 0 N–H and O–H groups in total. The minimum Gasteiger partial charge on any atom is -0.488 e. The van der Waals surface area contributed by atoms with Gasteiger partial charge in [-0.25, -0.2) is 4.79 Å². The van der Waals surface area contributed by atoms with Gasteiger partial charge in [0.05, 0.1) is 30.4 Å².